The van der Waals surface area contributed by atoms with Gasteiger partial charge in [-0.3, -0.25) is 47.5 Å². The van der Waals surface area contributed by atoms with Crippen molar-refractivity contribution >= 4 is 80.8 Å². The Balaban J connectivity index is 0.889. The fourth-order valence-corrected chi connectivity index (χ4v) is 12.8. The highest BCUT2D eigenvalue weighted by atomic mass is 31.3. The third kappa shape index (κ3) is 13.1. The molecule has 16 atom stereocenters. The summed E-state index contributed by atoms with van der Waals surface area (Å²) < 4.78 is 104. The van der Waals surface area contributed by atoms with E-state index in [4.69, 9.17) is 59.4 Å². The number of likely N-dealkylation sites (N-methyl/N-ethyl adjacent to an activating group) is 1. The van der Waals surface area contributed by atoms with E-state index in [1.165, 1.54) is 22.5 Å². The van der Waals surface area contributed by atoms with Gasteiger partial charge in [0.15, 0.2) is 34.8 Å². The van der Waals surface area contributed by atoms with E-state index in [0.717, 1.165) is 28.9 Å². The molecule has 3 aliphatic heterocycles. The number of anilines is 3. The molecule has 0 saturated carbocycles. The number of aliphatic hydroxyl groups is 3. The predicted octanol–water partition coefficient (Wildman–Crippen LogP) is -5.27. The Labute approximate surface area is 462 Å². The molecule has 44 heteroatoms. The highest BCUT2D eigenvalue weighted by Gasteiger charge is 2.53. The number of carboxylic acids is 1. The fraction of sp³-hybridized carbons (Fsp3) is 0.590. The molecule has 0 spiro atoms. The number of ether oxygens (including phenoxy) is 7. The molecule has 456 valence electrons. The number of H-pyrrole nitrogens is 3. The van der Waals surface area contributed by atoms with Crippen LogP contribution in [0.3, 0.4) is 0 Å². The number of hydrogen-bond donors (Lipinski definition) is 13. The van der Waals surface area contributed by atoms with Gasteiger partial charge >= 0.3 is 35.0 Å². The van der Waals surface area contributed by atoms with Gasteiger partial charge < -0.3 is 90.4 Å². The Bertz CT molecular complexity index is 3710. The van der Waals surface area contributed by atoms with Gasteiger partial charge in [-0.25, -0.2) is 33.0 Å². The van der Waals surface area contributed by atoms with E-state index in [-0.39, 0.29) is 58.6 Å². The van der Waals surface area contributed by atoms with E-state index in [1.54, 1.807) is 19.0 Å². The molecule has 0 aliphatic carbocycles. The molecule has 41 nitrogen and oxygen atoms in total. The normalized spacial score (nSPS) is 28.3. The van der Waals surface area contributed by atoms with Gasteiger partial charge in [-0.1, -0.05) is 0 Å². The second kappa shape index (κ2) is 24.1. The molecule has 9 rings (SSSR count). The van der Waals surface area contributed by atoms with Crippen LogP contribution in [-0.2, 0) is 76.4 Å². The molecular weight excluding hydrogens is 1190 g/mol. The lowest BCUT2D eigenvalue weighted by Gasteiger charge is -2.27. The van der Waals surface area contributed by atoms with Crippen molar-refractivity contribution in [2.24, 2.45) is 13.0 Å². The second-order valence-corrected chi connectivity index (χ2v) is 23.6. The van der Waals surface area contributed by atoms with Crippen molar-refractivity contribution in [3.8, 4) is 0 Å². The quantitative estimate of drug-likeness (QED) is 0.0110. The molecule has 0 bridgehead atoms. The first kappa shape index (κ1) is 61.5. The summed E-state index contributed by atoms with van der Waals surface area (Å²) in [5, 5.41) is 43.8. The summed E-state index contributed by atoms with van der Waals surface area (Å²) in [5.74, 6) is -3.91. The van der Waals surface area contributed by atoms with Crippen molar-refractivity contribution in [3.05, 3.63) is 50.0 Å². The van der Waals surface area contributed by atoms with Gasteiger partial charge in [0.05, 0.1) is 58.8 Å². The number of methoxy groups -OCH3 is 1. The number of aliphatic carboxylic acids is 1. The number of aryl methyl sites for hydroxylation is 1. The molecule has 3 saturated heterocycles. The molecule has 0 aromatic carbocycles. The summed E-state index contributed by atoms with van der Waals surface area (Å²) in [6.45, 7) is -2.77. The van der Waals surface area contributed by atoms with Crippen molar-refractivity contribution in [3.63, 3.8) is 0 Å². The van der Waals surface area contributed by atoms with Crippen molar-refractivity contribution in [2.75, 3.05) is 78.0 Å². The molecule has 3 aliphatic rings. The molecule has 0 amide bonds. The Kier molecular flexibility index (Phi) is 17.8. The monoisotopic (exact) mass is 1240 g/mol. The minimum Gasteiger partial charge on any atom is -0.477 e. The number of nitrogens with zero attached hydrogens (tertiary/aromatic N) is 10. The molecular formula is C39H56N16O25P3+. The highest BCUT2D eigenvalue weighted by molar-refractivity contribution is 7.66. The van der Waals surface area contributed by atoms with Crippen molar-refractivity contribution < 1.29 is 109 Å². The first-order chi connectivity index (χ1) is 39.1. The van der Waals surface area contributed by atoms with Crippen LogP contribution in [0.2, 0.25) is 0 Å². The lowest BCUT2D eigenvalue weighted by Crippen LogP contribution is -2.44. The number of rotatable bonds is 25. The Morgan fingerprint density at radius 1 is 0.711 bits per heavy atom. The van der Waals surface area contributed by atoms with E-state index in [1.807, 2.05) is 0 Å². The third-order valence-corrected chi connectivity index (χ3v) is 17.3. The summed E-state index contributed by atoms with van der Waals surface area (Å²) in [4.78, 5) is 111. The van der Waals surface area contributed by atoms with Crippen LogP contribution in [0.25, 0.3) is 33.5 Å². The number of phosphoric acid groups is 3. The van der Waals surface area contributed by atoms with Gasteiger partial charge in [-0.2, -0.15) is 28.1 Å². The minimum atomic E-state index is -6.23. The number of aliphatic hydroxyl groups excluding tert-OH is 3. The van der Waals surface area contributed by atoms with Gasteiger partial charge in [0.25, 0.3) is 28.6 Å². The molecule has 7 unspecified atom stereocenters. The van der Waals surface area contributed by atoms with Gasteiger partial charge in [0.1, 0.15) is 42.7 Å². The lowest BCUT2D eigenvalue weighted by molar-refractivity contribution is -0.646. The molecule has 83 heavy (non-hydrogen) atoms. The van der Waals surface area contributed by atoms with E-state index >= 15 is 0 Å². The van der Waals surface area contributed by atoms with Gasteiger partial charge in [-0.05, 0) is 14.1 Å². The predicted molar refractivity (Wildman–Crippen MR) is 270 cm³/mol. The van der Waals surface area contributed by atoms with E-state index in [0.29, 0.717) is 6.54 Å². The number of aromatic nitrogens is 12. The lowest BCUT2D eigenvalue weighted by atomic mass is 9.99. The van der Waals surface area contributed by atoms with Crippen LogP contribution in [0.1, 0.15) is 18.7 Å². The second-order valence-electron chi connectivity index (χ2n) is 19.0. The number of carboxylic acid groups (broad SMARTS) is 1. The van der Waals surface area contributed by atoms with Crippen molar-refractivity contribution in [1.82, 2.24) is 58.5 Å². The van der Waals surface area contributed by atoms with Crippen LogP contribution >= 0.6 is 23.5 Å². The first-order valence-corrected chi connectivity index (χ1v) is 28.7. The molecule has 3 fully saturated rings. The Hall–Kier alpha value is -6.11. The van der Waals surface area contributed by atoms with Crippen LogP contribution in [-0.4, -0.2) is 215 Å². The summed E-state index contributed by atoms with van der Waals surface area (Å²) in [5.41, 5.74) is 14.2. The van der Waals surface area contributed by atoms with Crippen LogP contribution in [0.5, 0.6) is 0 Å². The number of hydrogen-bond acceptors (Lipinski definition) is 30. The van der Waals surface area contributed by atoms with E-state index in [9.17, 15) is 68.0 Å². The summed E-state index contributed by atoms with van der Waals surface area (Å²) in [7, 11) is -11.9. The molecule has 16 N–H and O–H groups in total. The number of nitrogen functional groups attached to an aromatic ring is 3. The summed E-state index contributed by atoms with van der Waals surface area (Å²) >= 11 is 0. The molecule has 0 radical (unpaired) electrons. The van der Waals surface area contributed by atoms with Crippen LogP contribution in [0.4, 0.5) is 17.8 Å². The average molecular weight is 1240 g/mol. The van der Waals surface area contributed by atoms with Gasteiger partial charge in [0, 0.05) is 19.6 Å². The summed E-state index contributed by atoms with van der Waals surface area (Å²) in [6.07, 6.45) is -16.5. The maximum absolute atomic E-state index is 13.4. The number of carbonyl (C=O) groups is 1. The molecule has 9 heterocycles. The SMILES string of the molecule is CO[C@@H]1[C@H](OC(OC[C@H]2O[C@@H](n3cnc4c(=O)[nH]c(N)nc43)[C@H](O)[C@@H]2O)C(=O)O)C(COP(=O)(O)OP(=O)(O)OP(=O)(O)OC[C@H]2OC(n3c[n+](C)c4c(=O)[nH]c(N)nc43)[C@H](O)C2COCCN(C)C)O[C@H]1n1cnc2c(=O)[nH]c(N)nc21. The number of nitrogens with one attached hydrogen (secondary N) is 3. The summed E-state index contributed by atoms with van der Waals surface area (Å²) in [6, 6.07) is 0. The Morgan fingerprint density at radius 2 is 1.23 bits per heavy atom. The number of fused-ring (bicyclic) bond motifs is 3. The number of phosphoric ester groups is 2. The zero-order chi connectivity index (χ0) is 60.2. The highest BCUT2D eigenvalue weighted by Crippen LogP contribution is 2.68. The maximum Gasteiger partial charge on any atom is 0.490 e. The topological polar surface area (TPSA) is 574 Å². The zero-order valence-corrected chi connectivity index (χ0v) is 46.2. The average Bonchev–Trinajstić information content (AvgIpc) is 2.47. The van der Waals surface area contributed by atoms with Crippen LogP contribution in [0, 0.1) is 5.92 Å². The van der Waals surface area contributed by atoms with Gasteiger partial charge in [-0.15, -0.1) is 0 Å². The largest absolute Gasteiger partial charge is 0.490 e. The van der Waals surface area contributed by atoms with Crippen LogP contribution in [0.15, 0.2) is 33.4 Å². The fourth-order valence-electron chi connectivity index (χ4n) is 9.30. The number of nitrogens with two attached hydrogens (primary N) is 3. The zero-order valence-electron chi connectivity index (χ0n) is 43.5. The van der Waals surface area contributed by atoms with Crippen molar-refractivity contribution in [1.29, 1.82) is 0 Å². The number of imidazole rings is 3. The molecule has 6 aromatic rings. The van der Waals surface area contributed by atoms with Crippen LogP contribution < -0.4 is 38.4 Å². The van der Waals surface area contributed by atoms with E-state index in [2.05, 4.69) is 48.5 Å². The minimum absolute atomic E-state index is 0.0271. The smallest absolute Gasteiger partial charge is 0.477 e. The first-order valence-electron chi connectivity index (χ1n) is 24.2. The third-order valence-electron chi connectivity index (χ3n) is 13.0. The standard InChI is InChI=1S/C39H55N16O25P3/c1-51(2)5-6-71-7-14-15(75-32(21(14)56)55-13-52(3)20-28(55)47-39(42)50-31(20)61)9-73-81(64,65)79-83(68,69)80-82(66,67)74-10-17-24(25(70-4)34(77-17)54-12-44-19-27(54)46-38(41)49-30(19)60)78-36(35(62)63)72-8-16-22(57)23(58)33(76-16)53-11-43-18-26(53)45-37(40)48-29(18)59/h11-17,21-25,32-34,36,56-58H,5-10H2,1-4H3,(H12-,40,41,42,45,46,47,48,49,50,59,60,61,62,63,64,65,66,67,68,69)/p+1/t14?,15-,16-,17?,21-,22-,23-,24-,25-,32?,33-,34-,36?/m1/s1. The van der Waals surface area contributed by atoms with E-state index < -0.39 is 152 Å². The maximum atomic E-state index is 13.4. The van der Waals surface area contributed by atoms with Crippen molar-refractivity contribution in [2.45, 2.75) is 73.8 Å². The molecule has 6 aromatic heterocycles. The van der Waals surface area contributed by atoms with Gasteiger partial charge in [0.2, 0.25) is 30.4 Å². The number of aromatic amines is 3. The Morgan fingerprint density at radius 3 is 1.80 bits per heavy atom.